The summed E-state index contributed by atoms with van der Waals surface area (Å²) in [7, 11) is 4.92. The second-order valence-corrected chi connectivity index (χ2v) is 8.62. The number of anilines is 3. The van der Waals surface area contributed by atoms with Crippen molar-refractivity contribution in [2.24, 2.45) is 7.05 Å². The number of nitrogens with one attached hydrogen (secondary N) is 2. The molecule has 0 saturated heterocycles. The van der Waals surface area contributed by atoms with E-state index in [-0.39, 0.29) is 18.5 Å². The van der Waals surface area contributed by atoms with Gasteiger partial charge in [-0.3, -0.25) is 14.2 Å². The van der Waals surface area contributed by atoms with E-state index in [1.165, 1.54) is 11.7 Å². The molecule has 0 aliphatic carbocycles. The van der Waals surface area contributed by atoms with Gasteiger partial charge >= 0.3 is 6.18 Å². The van der Waals surface area contributed by atoms with Crippen LogP contribution >= 0.6 is 0 Å². The predicted molar refractivity (Wildman–Crippen MR) is 126 cm³/mol. The molecule has 11 nitrogen and oxygen atoms in total. The van der Waals surface area contributed by atoms with Crippen LogP contribution in [-0.4, -0.2) is 62.2 Å². The fraction of sp³-hybridized carbons (Fsp3) is 0.500. The van der Waals surface area contributed by atoms with E-state index in [1.54, 1.807) is 31.1 Å². The molecule has 0 saturated carbocycles. The number of fused-ring (bicyclic) bond motifs is 1. The van der Waals surface area contributed by atoms with Gasteiger partial charge in [0.2, 0.25) is 11.9 Å². The highest BCUT2D eigenvalue weighted by atomic mass is 19.4. The van der Waals surface area contributed by atoms with Crippen molar-refractivity contribution in [2.75, 3.05) is 36.3 Å². The van der Waals surface area contributed by atoms with Gasteiger partial charge < -0.3 is 20.3 Å². The molecule has 194 valence electrons. The Kier molecular flexibility index (Phi) is 7.15. The maximum Gasteiger partial charge on any atom is 0.435 e. The van der Waals surface area contributed by atoms with Crippen LogP contribution in [0.1, 0.15) is 35.5 Å². The van der Waals surface area contributed by atoms with E-state index in [1.807, 2.05) is 11.9 Å². The topological polar surface area (TPSA) is 115 Å². The average Bonchev–Trinajstić information content (AvgIpc) is 3.42. The molecule has 0 fully saturated rings. The Morgan fingerprint density at radius 1 is 1.25 bits per heavy atom. The molecule has 3 aromatic heterocycles. The third-order valence-electron chi connectivity index (χ3n) is 5.98. The summed E-state index contributed by atoms with van der Waals surface area (Å²) >= 11 is 0. The van der Waals surface area contributed by atoms with Crippen molar-refractivity contribution in [3.8, 4) is 0 Å². The second kappa shape index (κ2) is 10.1. The normalized spacial score (nSPS) is 15.7. The molecule has 0 radical (unpaired) electrons. The van der Waals surface area contributed by atoms with Gasteiger partial charge in [0.1, 0.15) is 11.7 Å². The minimum absolute atomic E-state index is 0.100. The first-order valence-electron chi connectivity index (χ1n) is 11.3. The van der Waals surface area contributed by atoms with Crippen molar-refractivity contribution < 1.29 is 22.7 Å². The van der Waals surface area contributed by atoms with Gasteiger partial charge in [-0.1, -0.05) is 0 Å². The number of likely N-dealkylation sites (N-methyl/N-ethyl adjacent to an activating group) is 1. The van der Waals surface area contributed by atoms with Crippen molar-refractivity contribution in [1.82, 2.24) is 29.5 Å². The number of aromatic nitrogens is 6. The summed E-state index contributed by atoms with van der Waals surface area (Å²) in [5.41, 5.74) is 1.45. The number of amides is 1. The molecule has 0 spiro atoms. The Morgan fingerprint density at radius 3 is 2.72 bits per heavy atom. The third kappa shape index (κ3) is 5.42. The van der Waals surface area contributed by atoms with Crippen LogP contribution in [-0.2, 0) is 35.8 Å². The van der Waals surface area contributed by atoms with E-state index < -0.39 is 11.9 Å². The monoisotopic (exact) mass is 507 g/mol. The smallest absolute Gasteiger partial charge is 0.385 e. The SMILES string of the molecule is COCCC[C@@H]1C(=O)Nc2c(C)nc(NCc3cnn(Cc4cc(C(F)(F)F)nn4C)c3)nc2N1C. The van der Waals surface area contributed by atoms with E-state index in [2.05, 4.69) is 30.8 Å². The van der Waals surface area contributed by atoms with Gasteiger partial charge in [0.25, 0.3) is 0 Å². The van der Waals surface area contributed by atoms with Crippen molar-refractivity contribution in [3.63, 3.8) is 0 Å². The molecule has 1 aliphatic rings. The number of carbonyl (C=O) groups excluding carboxylic acids is 1. The number of halogens is 3. The Bertz CT molecular complexity index is 1240. The van der Waals surface area contributed by atoms with E-state index in [0.29, 0.717) is 48.4 Å². The zero-order chi connectivity index (χ0) is 26.0. The van der Waals surface area contributed by atoms with Gasteiger partial charge in [-0.15, -0.1) is 0 Å². The summed E-state index contributed by atoms with van der Waals surface area (Å²) in [6.07, 6.45) is 0.225. The number of aryl methyl sites for hydroxylation is 2. The number of rotatable bonds is 9. The maximum absolute atomic E-state index is 12.9. The first-order chi connectivity index (χ1) is 17.1. The molecular weight excluding hydrogens is 479 g/mol. The molecule has 36 heavy (non-hydrogen) atoms. The third-order valence-corrected chi connectivity index (χ3v) is 5.98. The summed E-state index contributed by atoms with van der Waals surface area (Å²) in [5.74, 6) is 0.912. The van der Waals surface area contributed by atoms with Crippen LogP contribution in [0, 0.1) is 6.92 Å². The number of hydrogen-bond acceptors (Lipinski definition) is 8. The first kappa shape index (κ1) is 25.4. The molecule has 4 heterocycles. The van der Waals surface area contributed by atoms with Gasteiger partial charge in [0.15, 0.2) is 11.5 Å². The summed E-state index contributed by atoms with van der Waals surface area (Å²) in [5, 5.41) is 13.8. The Labute approximate surface area is 205 Å². The van der Waals surface area contributed by atoms with Crippen LogP contribution in [0.5, 0.6) is 0 Å². The van der Waals surface area contributed by atoms with Gasteiger partial charge in [0.05, 0.1) is 24.1 Å². The minimum atomic E-state index is -4.50. The first-order valence-corrected chi connectivity index (χ1v) is 11.3. The molecule has 1 aliphatic heterocycles. The van der Waals surface area contributed by atoms with Crippen LogP contribution in [0.25, 0.3) is 0 Å². The van der Waals surface area contributed by atoms with Gasteiger partial charge in [0, 0.05) is 46.1 Å². The fourth-order valence-electron chi connectivity index (χ4n) is 4.04. The van der Waals surface area contributed by atoms with Crippen molar-refractivity contribution in [2.45, 2.75) is 45.1 Å². The number of carbonyl (C=O) groups is 1. The zero-order valence-electron chi connectivity index (χ0n) is 20.4. The highest BCUT2D eigenvalue weighted by molar-refractivity contribution is 6.03. The Balaban J connectivity index is 1.43. The van der Waals surface area contributed by atoms with E-state index in [4.69, 9.17) is 4.74 Å². The number of hydrogen-bond donors (Lipinski definition) is 2. The molecule has 2 N–H and O–H groups in total. The van der Waals surface area contributed by atoms with Crippen molar-refractivity contribution >= 4 is 23.4 Å². The van der Waals surface area contributed by atoms with E-state index in [0.717, 1.165) is 18.1 Å². The number of nitrogens with zero attached hydrogens (tertiary/aromatic N) is 7. The zero-order valence-corrected chi connectivity index (χ0v) is 20.4. The number of ether oxygens (including phenoxy) is 1. The highest BCUT2D eigenvalue weighted by Crippen LogP contribution is 2.33. The molecule has 0 bridgehead atoms. The molecule has 0 aromatic carbocycles. The summed E-state index contributed by atoms with van der Waals surface area (Å²) in [6, 6.07) is 0.652. The molecule has 0 unspecified atom stereocenters. The maximum atomic E-state index is 12.9. The lowest BCUT2D eigenvalue weighted by Crippen LogP contribution is -2.47. The van der Waals surface area contributed by atoms with Crippen molar-refractivity contribution in [1.29, 1.82) is 0 Å². The fourth-order valence-corrected chi connectivity index (χ4v) is 4.04. The quantitative estimate of drug-likeness (QED) is 0.425. The van der Waals surface area contributed by atoms with Crippen LogP contribution < -0.4 is 15.5 Å². The van der Waals surface area contributed by atoms with Crippen molar-refractivity contribution in [3.05, 3.63) is 41.1 Å². The predicted octanol–water partition coefficient (Wildman–Crippen LogP) is 2.58. The molecule has 1 atom stereocenters. The lowest BCUT2D eigenvalue weighted by molar-refractivity contribution is -0.141. The van der Waals surface area contributed by atoms with Crippen LogP contribution in [0.3, 0.4) is 0 Å². The highest BCUT2D eigenvalue weighted by Gasteiger charge is 2.35. The molecule has 4 rings (SSSR count). The molecule has 3 aromatic rings. The largest absolute Gasteiger partial charge is 0.435 e. The van der Waals surface area contributed by atoms with Gasteiger partial charge in [-0.2, -0.15) is 28.4 Å². The van der Waals surface area contributed by atoms with E-state index >= 15 is 0 Å². The van der Waals surface area contributed by atoms with Crippen LogP contribution in [0.4, 0.5) is 30.6 Å². The molecule has 1 amide bonds. The summed E-state index contributed by atoms with van der Waals surface area (Å²) in [6.45, 7) is 2.86. The summed E-state index contributed by atoms with van der Waals surface area (Å²) < 4.78 is 46.6. The Morgan fingerprint density at radius 2 is 2.03 bits per heavy atom. The number of methoxy groups -OCH3 is 1. The number of alkyl halides is 3. The summed E-state index contributed by atoms with van der Waals surface area (Å²) in [4.78, 5) is 23.5. The minimum Gasteiger partial charge on any atom is -0.385 e. The van der Waals surface area contributed by atoms with Crippen LogP contribution in [0.15, 0.2) is 18.5 Å². The van der Waals surface area contributed by atoms with E-state index in [9.17, 15) is 18.0 Å². The molecular formula is C22H28F3N9O2. The Hall–Kier alpha value is -3.68. The average molecular weight is 508 g/mol. The standard InChI is InChI=1S/C22H28F3N9O2/c1-13-18-19(32(2)16(20(35)29-18)6-5-7-36-4)30-21(28-13)26-9-14-10-27-34(11-14)12-15-8-17(22(23,24)25)31-33(15)3/h8,10-11,16H,5-7,9,12H2,1-4H3,(H,29,35)(H,26,28,30)/t16-/m1/s1. The second-order valence-electron chi connectivity index (χ2n) is 8.62. The lowest BCUT2D eigenvalue weighted by Gasteiger charge is -2.34. The van der Waals surface area contributed by atoms with Gasteiger partial charge in [-0.05, 0) is 25.8 Å². The van der Waals surface area contributed by atoms with Crippen LogP contribution in [0.2, 0.25) is 0 Å². The van der Waals surface area contributed by atoms with Gasteiger partial charge in [-0.25, -0.2) is 4.98 Å². The molecule has 14 heteroatoms. The lowest BCUT2D eigenvalue weighted by atomic mass is 10.1.